The first-order valence-corrected chi connectivity index (χ1v) is 7.98. The van der Waals surface area contributed by atoms with Gasteiger partial charge in [-0.1, -0.05) is 0 Å². The number of nitrogens with zero attached hydrogens (tertiary/aromatic N) is 3. The monoisotopic (exact) mass is 306 g/mol. The van der Waals surface area contributed by atoms with Crippen LogP contribution in [-0.2, 0) is 10.8 Å². The van der Waals surface area contributed by atoms with Gasteiger partial charge >= 0.3 is 0 Å². The van der Waals surface area contributed by atoms with Gasteiger partial charge in [0.25, 0.3) is 5.69 Å². The average Bonchev–Trinajstić information content (AvgIpc) is 2.99. The maximum absolute atomic E-state index is 12.3. The molecule has 0 spiro atoms. The fourth-order valence-electron chi connectivity index (χ4n) is 2.37. The minimum absolute atomic E-state index is 0.0270. The molecule has 0 saturated carbocycles. The third-order valence-electron chi connectivity index (χ3n) is 3.46. The van der Waals surface area contributed by atoms with Gasteiger partial charge in [-0.3, -0.25) is 19.3 Å². The molecule has 21 heavy (non-hydrogen) atoms. The summed E-state index contributed by atoms with van der Waals surface area (Å²) < 4.78 is 12.3. The molecule has 1 aliphatic rings. The minimum Gasteiger partial charge on any atom is -0.313 e. The molecule has 1 fully saturated rings. The highest BCUT2D eigenvalue weighted by atomic mass is 32.2. The summed E-state index contributed by atoms with van der Waals surface area (Å²) in [6, 6.07) is 4.55. The van der Waals surface area contributed by atoms with E-state index < -0.39 is 15.7 Å². The summed E-state index contributed by atoms with van der Waals surface area (Å²) in [6.07, 6.45) is 3.57. The standard InChI is InChI=1S/C13H14N4O3S/c18-17(19)10-3-4-11-12(6-10)15-7-13(16-11)21(20)8-9-2-1-5-14-9/h3-4,6-7,9,14H,1-2,5,8H2. The van der Waals surface area contributed by atoms with Crippen LogP contribution in [0.2, 0.25) is 0 Å². The Labute approximate surface area is 123 Å². The van der Waals surface area contributed by atoms with E-state index in [4.69, 9.17) is 0 Å². The number of rotatable bonds is 4. The van der Waals surface area contributed by atoms with Crippen molar-refractivity contribution in [2.75, 3.05) is 12.3 Å². The normalized spacial score (nSPS) is 19.7. The summed E-state index contributed by atoms with van der Waals surface area (Å²) >= 11 is 0. The summed E-state index contributed by atoms with van der Waals surface area (Å²) in [5, 5.41) is 14.4. The van der Waals surface area contributed by atoms with Gasteiger partial charge < -0.3 is 5.32 Å². The average molecular weight is 306 g/mol. The lowest BCUT2D eigenvalue weighted by molar-refractivity contribution is -0.384. The molecule has 7 nitrogen and oxygen atoms in total. The smallest absolute Gasteiger partial charge is 0.271 e. The van der Waals surface area contributed by atoms with Gasteiger partial charge in [0.2, 0.25) is 0 Å². The highest BCUT2D eigenvalue weighted by molar-refractivity contribution is 7.85. The van der Waals surface area contributed by atoms with Crippen molar-refractivity contribution in [3.63, 3.8) is 0 Å². The zero-order valence-electron chi connectivity index (χ0n) is 11.2. The number of nitrogens with one attached hydrogen (secondary N) is 1. The Hall–Kier alpha value is -1.93. The van der Waals surface area contributed by atoms with Gasteiger partial charge in [0.05, 0.1) is 33.0 Å². The number of hydrogen-bond donors (Lipinski definition) is 1. The Morgan fingerprint density at radius 1 is 1.43 bits per heavy atom. The van der Waals surface area contributed by atoms with Gasteiger partial charge in [-0.2, -0.15) is 0 Å². The second-order valence-corrected chi connectivity index (χ2v) is 6.39. The Bertz CT molecular complexity index is 716. The van der Waals surface area contributed by atoms with Crippen LogP contribution >= 0.6 is 0 Å². The number of fused-ring (bicyclic) bond motifs is 1. The zero-order valence-corrected chi connectivity index (χ0v) is 12.0. The van der Waals surface area contributed by atoms with Crippen LogP contribution in [0.1, 0.15) is 12.8 Å². The van der Waals surface area contributed by atoms with Crippen LogP contribution in [0.25, 0.3) is 11.0 Å². The largest absolute Gasteiger partial charge is 0.313 e. The van der Waals surface area contributed by atoms with Crippen molar-refractivity contribution in [1.82, 2.24) is 15.3 Å². The number of nitro benzene ring substituents is 1. The van der Waals surface area contributed by atoms with Crippen LogP contribution in [0, 0.1) is 10.1 Å². The van der Waals surface area contributed by atoms with E-state index in [2.05, 4.69) is 15.3 Å². The molecule has 110 valence electrons. The van der Waals surface area contributed by atoms with E-state index >= 15 is 0 Å². The number of benzene rings is 1. The van der Waals surface area contributed by atoms with E-state index in [1.165, 1.54) is 24.4 Å². The van der Waals surface area contributed by atoms with E-state index in [0.29, 0.717) is 21.8 Å². The number of non-ortho nitro benzene ring substituents is 1. The Morgan fingerprint density at radius 2 is 2.29 bits per heavy atom. The third-order valence-corrected chi connectivity index (χ3v) is 4.83. The third kappa shape index (κ3) is 3.06. The molecule has 2 unspecified atom stereocenters. The van der Waals surface area contributed by atoms with Crippen molar-refractivity contribution in [3.05, 3.63) is 34.5 Å². The highest BCUT2D eigenvalue weighted by Crippen LogP contribution is 2.19. The molecule has 8 heteroatoms. The molecule has 2 atom stereocenters. The molecule has 1 aromatic heterocycles. The number of hydrogen-bond acceptors (Lipinski definition) is 6. The predicted octanol–water partition coefficient (Wildman–Crippen LogP) is 1.40. The van der Waals surface area contributed by atoms with Crippen molar-refractivity contribution >= 4 is 27.5 Å². The number of nitro groups is 1. The van der Waals surface area contributed by atoms with Gasteiger partial charge in [-0.15, -0.1) is 0 Å². The summed E-state index contributed by atoms with van der Waals surface area (Å²) in [4.78, 5) is 18.7. The molecule has 1 N–H and O–H groups in total. The molecule has 0 aliphatic carbocycles. The van der Waals surface area contributed by atoms with Crippen LogP contribution in [0.3, 0.4) is 0 Å². The molecule has 2 aromatic rings. The van der Waals surface area contributed by atoms with Gasteiger partial charge in [0.15, 0.2) is 0 Å². The quantitative estimate of drug-likeness (QED) is 0.677. The van der Waals surface area contributed by atoms with E-state index in [9.17, 15) is 14.3 Å². The second-order valence-electron chi connectivity index (χ2n) is 4.94. The molecular formula is C13H14N4O3S. The van der Waals surface area contributed by atoms with Gasteiger partial charge in [0, 0.05) is 23.9 Å². The lowest BCUT2D eigenvalue weighted by Crippen LogP contribution is -2.27. The van der Waals surface area contributed by atoms with Crippen molar-refractivity contribution in [2.45, 2.75) is 23.9 Å². The zero-order chi connectivity index (χ0) is 14.8. The molecule has 0 radical (unpaired) electrons. The molecule has 2 heterocycles. The lowest BCUT2D eigenvalue weighted by Gasteiger charge is -2.09. The van der Waals surface area contributed by atoms with Crippen molar-refractivity contribution in [1.29, 1.82) is 0 Å². The lowest BCUT2D eigenvalue weighted by atomic mass is 10.2. The van der Waals surface area contributed by atoms with Crippen LogP contribution < -0.4 is 5.32 Å². The van der Waals surface area contributed by atoms with Crippen LogP contribution in [0.4, 0.5) is 5.69 Å². The first-order chi connectivity index (χ1) is 10.1. The Balaban J connectivity index is 1.84. The van der Waals surface area contributed by atoms with Gasteiger partial charge in [-0.05, 0) is 25.5 Å². The topological polar surface area (TPSA) is 98.0 Å². The second kappa shape index (κ2) is 5.82. The molecule has 3 rings (SSSR count). The molecular weight excluding hydrogens is 292 g/mol. The molecule has 0 bridgehead atoms. The van der Waals surface area contributed by atoms with E-state index in [1.54, 1.807) is 0 Å². The van der Waals surface area contributed by atoms with Crippen molar-refractivity contribution < 1.29 is 9.13 Å². The molecule has 1 aromatic carbocycles. The van der Waals surface area contributed by atoms with E-state index in [-0.39, 0.29) is 11.7 Å². The van der Waals surface area contributed by atoms with E-state index in [0.717, 1.165) is 19.4 Å². The minimum atomic E-state index is -1.21. The molecule has 1 saturated heterocycles. The maximum atomic E-state index is 12.3. The van der Waals surface area contributed by atoms with Crippen LogP contribution in [-0.4, -0.2) is 37.4 Å². The van der Waals surface area contributed by atoms with Gasteiger partial charge in [0.1, 0.15) is 5.03 Å². The number of aromatic nitrogens is 2. The fraction of sp³-hybridized carbons (Fsp3) is 0.385. The predicted molar refractivity (Wildman–Crippen MR) is 78.5 cm³/mol. The van der Waals surface area contributed by atoms with E-state index in [1.807, 2.05) is 0 Å². The summed E-state index contributed by atoms with van der Waals surface area (Å²) in [5.74, 6) is 0.521. The van der Waals surface area contributed by atoms with Crippen LogP contribution in [0.5, 0.6) is 0 Å². The maximum Gasteiger partial charge on any atom is 0.271 e. The fourth-order valence-corrected chi connectivity index (χ4v) is 3.56. The first-order valence-electron chi connectivity index (χ1n) is 6.66. The van der Waals surface area contributed by atoms with Crippen LogP contribution in [0.15, 0.2) is 29.4 Å². The summed E-state index contributed by atoms with van der Waals surface area (Å²) in [5.41, 5.74) is 0.926. The van der Waals surface area contributed by atoms with Crippen molar-refractivity contribution in [2.24, 2.45) is 0 Å². The Morgan fingerprint density at radius 3 is 3.00 bits per heavy atom. The highest BCUT2D eigenvalue weighted by Gasteiger charge is 2.19. The SMILES string of the molecule is O=[N+]([O-])c1ccc2nc(S(=O)CC3CCCN3)cnc2c1. The van der Waals surface area contributed by atoms with Gasteiger partial charge in [-0.25, -0.2) is 4.98 Å². The summed E-state index contributed by atoms with van der Waals surface area (Å²) in [7, 11) is -1.21. The molecule has 0 amide bonds. The first kappa shape index (κ1) is 14.0. The van der Waals surface area contributed by atoms with Crippen molar-refractivity contribution in [3.8, 4) is 0 Å². The summed E-state index contributed by atoms with van der Waals surface area (Å²) in [6.45, 7) is 0.967. The molecule has 1 aliphatic heterocycles. The Kier molecular flexibility index (Phi) is 3.89.